The molecule has 0 saturated heterocycles. The van der Waals surface area contributed by atoms with Gasteiger partial charge in [0, 0.05) is 15.2 Å². The van der Waals surface area contributed by atoms with E-state index in [-0.39, 0.29) is 0 Å². The van der Waals surface area contributed by atoms with E-state index in [9.17, 15) is 4.79 Å². The van der Waals surface area contributed by atoms with Crippen molar-refractivity contribution in [1.29, 1.82) is 0 Å². The maximum absolute atomic E-state index is 12.5. The first-order valence-corrected chi connectivity index (χ1v) is 10.8. The van der Waals surface area contributed by atoms with E-state index >= 15 is 0 Å². The smallest absolute Gasteiger partial charge is 0.345 e. The van der Waals surface area contributed by atoms with Gasteiger partial charge in [0.15, 0.2) is 0 Å². The van der Waals surface area contributed by atoms with E-state index in [1.807, 2.05) is 72.1 Å². The fourth-order valence-corrected chi connectivity index (χ4v) is 4.13. The molecule has 2 heterocycles. The van der Waals surface area contributed by atoms with Crippen LogP contribution in [0.25, 0.3) is 33.0 Å². The number of hydrazone groups is 1. The Hall–Kier alpha value is -3.29. The van der Waals surface area contributed by atoms with Crippen LogP contribution in [0.1, 0.15) is 5.56 Å². The van der Waals surface area contributed by atoms with Crippen LogP contribution in [0.15, 0.2) is 90.9 Å². The number of nitrogens with one attached hydrogen (secondary N) is 1. The number of hydrogen-bond donors (Lipinski definition) is 1. The summed E-state index contributed by atoms with van der Waals surface area (Å²) in [4.78, 5) is 17.0. The normalized spacial score (nSPS) is 11.5. The largest absolute Gasteiger partial charge is 0.422 e. The van der Waals surface area contributed by atoms with E-state index in [0.717, 1.165) is 26.2 Å². The Morgan fingerprint density at radius 1 is 1.03 bits per heavy atom. The van der Waals surface area contributed by atoms with Crippen LogP contribution in [-0.2, 0) is 0 Å². The molecule has 0 saturated carbocycles. The summed E-state index contributed by atoms with van der Waals surface area (Å²) >= 11 is 4.78. The molecule has 0 atom stereocenters. The summed E-state index contributed by atoms with van der Waals surface area (Å²) in [5.41, 5.74) is 5.03. The summed E-state index contributed by atoms with van der Waals surface area (Å²) < 4.78 is 6.58. The number of benzene rings is 3. The number of nitrogens with zero attached hydrogens (tertiary/aromatic N) is 2. The average molecular weight is 476 g/mol. The number of aromatic nitrogens is 1. The second-order valence-corrected chi connectivity index (χ2v) is 8.38. The molecule has 0 fully saturated rings. The molecule has 0 aliphatic heterocycles. The first kappa shape index (κ1) is 18.7. The summed E-state index contributed by atoms with van der Waals surface area (Å²) in [6.45, 7) is 0. The zero-order valence-electron chi connectivity index (χ0n) is 15.5. The fourth-order valence-electron chi connectivity index (χ4n) is 3.21. The Morgan fingerprint density at radius 3 is 2.73 bits per heavy atom. The highest BCUT2D eigenvalue weighted by Gasteiger charge is 2.13. The van der Waals surface area contributed by atoms with Gasteiger partial charge in [-0.1, -0.05) is 58.4 Å². The zero-order chi connectivity index (χ0) is 20.5. The lowest BCUT2D eigenvalue weighted by Gasteiger charge is -2.04. The van der Waals surface area contributed by atoms with Gasteiger partial charge in [-0.3, -0.25) is 5.43 Å². The molecule has 0 unspecified atom stereocenters. The van der Waals surface area contributed by atoms with Gasteiger partial charge in [0.05, 0.1) is 17.5 Å². The summed E-state index contributed by atoms with van der Waals surface area (Å²) in [5.74, 6) is 0. The van der Waals surface area contributed by atoms with E-state index in [4.69, 9.17) is 4.42 Å². The van der Waals surface area contributed by atoms with E-state index < -0.39 is 5.63 Å². The monoisotopic (exact) mass is 475 g/mol. The molecule has 30 heavy (non-hydrogen) atoms. The third kappa shape index (κ3) is 3.65. The molecule has 146 valence electrons. The van der Waals surface area contributed by atoms with Crippen molar-refractivity contribution in [2.45, 2.75) is 0 Å². The van der Waals surface area contributed by atoms with Crippen LogP contribution >= 0.6 is 27.3 Å². The van der Waals surface area contributed by atoms with Crippen LogP contribution in [0.3, 0.4) is 0 Å². The summed E-state index contributed by atoms with van der Waals surface area (Å²) in [7, 11) is 0. The van der Waals surface area contributed by atoms with Gasteiger partial charge in [-0.25, -0.2) is 9.78 Å². The fraction of sp³-hybridized carbons (Fsp3) is 0. The highest BCUT2D eigenvalue weighted by molar-refractivity contribution is 9.10. The molecule has 0 radical (unpaired) electrons. The second kappa shape index (κ2) is 7.85. The lowest BCUT2D eigenvalue weighted by atomic mass is 10.0. The Morgan fingerprint density at radius 2 is 1.87 bits per heavy atom. The SMILES string of the molecule is O=c1oc2ccc3ccccc3c2cc1-c1csc(NN=Cc2ccc(Br)cc2)n1. The van der Waals surface area contributed by atoms with Gasteiger partial charge in [0.25, 0.3) is 0 Å². The molecule has 0 spiro atoms. The van der Waals surface area contributed by atoms with Crippen LogP contribution in [-0.4, -0.2) is 11.2 Å². The van der Waals surface area contributed by atoms with E-state index in [2.05, 4.69) is 31.4 Å². The number of halogens is 1. The van der Waals surface area contributed by atoms with Gasteiger partial charge in [0.1, 0.15) is 5.58 Å². The lowest BCUT2D eigenvalue weighted by molar-refractivity contribution is 0.563. The number of fused-ring (bicyclic) bond motifs is 3. The predicted molar refractivity (Wildman–Crippen MR) is 126 cm³/mol. The van der Waals surface area contributed by atoms with Gasteiger partial charge in [-0.05, 0) is 40.6 Å². The number of hydrogen-bond acceptors (Lipinski definition) is 6. The molecule has 3 aromatic carbocycles. The molecule has 7 heteroatoms. The minimum Gasteiger partial charge on any atom is -0.422 e. The van der Waals surface area contributed by atoms with Gasteiger partial charge in [-0.15, -0.1) is 11.3 Å². The van der Waals surface area contributed by atoms with E-state index in [0.29, 0.717) is 22.0 Å². The Balaban J connectivity index is 1.46. The molecular formula is C23H14BrN3O2S. The van der Waals surface area contributed by atoms with Crippen molar-refractivity contribution in [1.82, 2.24) is 4.98 Å². The van der Waals surface area contributed by atoms with Gasteiger partial charge >= 0.3 is 5.63 Å². The maximum Gasteiger partial charge on any atom is 0.345 e. The molecule has 0 aliphatic carbocycles. The van der Waals surface area contributed by atoms with Crippen LogP contribution in [0.5, 0.6) is 0 Å². The summed E-state index contributed by atoms with van der Waals surface area (Å²) in [6, 6.07) is 21.5. The van der Waals surface area contributed by atoms with Gasteiger partial charge < -0.3 is 4.42 Å². The van der Waals surface area contributed by atoms with E-state index in [1.165, 1.54) is 11.3 Å². The third-order valence-corrected chi connectivity index (χ3v) is 5.94. The van der Waals surface area contributed by atoms with E-state index in [1.54, 1.807) is 6.21 Å². The van der Waals surface area contributed by atoms with Crippen LogP contribution in [0.4, 0.5) is 5.13 Å². The topological polar surface area (TPSA) is 67.5 Å². The van der Waals surface area contributed by atoms with Crippen molar-refractivity contribution in [2.24, 2.45) is 5.10 Å². The average Bonchev–Trinajstić information content (AvgIpc) is 3.23. The Bertz CT molecular complexity index is 1460. The highest BCUT2D eigenvalue weighted by Crippen LogP contribution is 2.29. The first-order valence-electron chi connectivity index (χ1n) is 9.13. The molecule has 0 aliphatic rings. The maximum atomic E-state index is 12.5. The number of thiazole rings is 1. The molecule has 5 aromatic rings. The number of anilines is 1. The van der Waals surface area contributed by atoms with Gasteiger partial charge in [-0.2, -0.15) is 5.10 Å². The second-order valence-electron chi connectivity index (χ2n) is 6.61. The standard InChI is InChI=1S/C23H14BrN3O2S/c24-16-8-5-14(6-9-16)12-25-27-23-26-20(13-30-23)19-11-18-17-4-2-1-3-15(17)7-10-21(18)29-22(19)28/h1-13H,(H,26,27). The molecule has 5 rings (SSSR count). The molecule has 5 nitrogen and oxygen atoms in total. The molecule has 0 amide bonds. The lowest BCUT2D eigenvalue weighted by Crippen LogP contribution is -2.03. The van der Waals surface area contributed by atoms with Gasteiger partial charge in [0.2, 0.25) is 5.13 Å². The van der Waals surface area contributed by atoms with Crippen molar-refractivity contribution < 1.29 is 4.42 Å². The van der Waals surface area contributed by atoms with Crippen LogP contribution < -0.4 is 11.1 Å². The minimum absolute atomic E-state index is 0.409. The van der Waals surface area contributed by atoms with Crippen LogP contribution in [0.2, 0.25) is 0 Å². The van der Waals surface area contributed by atoms with Crippen molar-refractivity contribution in [3.8, 4) is 11.3 Å². The minimum atomic E-state index is -0.409. The summed E-state index contributed by atoms with van der Waals surface area (Å²) in [5, 5.41) is 9.64. The van der Waals surface area contributed by atoms with Crippen molar-refractivity contribution >= 4 is 60.4 Å². The zero-order valence-corrected chi connectivity index (χ0v) is 17.9. The summed E-state index contributed by atoms with van der Waals surface area (Å²) in [6.07, 6.45) is 1.71. The van der Waals surface area contributed by atoms with Crippen molar-refractivity contribution in [2.75, 3.05) is 5.43 Å². The number of rotatable bonds is 4. The third-order valence-electron chi connectivity index (χ3n) is 4.67. The van der Waals surface area contributed by atoms with Crippen molar-refractivity contribution in [3.63, 3.8) is 0 Å². The molecule has 1 N–H and O–H groups in total. The predicted octanol–water partition coefficient (Wildman–Crippen LogP) is 6.28. The van der Waals surface area contributed by atoms with Crippen LogP contribution in [0, 0.1) is 0 Å². The van der Waals surface area contributed by atoms with Crippen molar-refractivity contribution in [3.05, 3.63) is 92.6 Å². The first-order chi connectivity index (χ1) is 14.7. The Labute approximate surface area is 183 Å². The quantitative estimate of drug-likeness (QED) is 0.144. The Kier molecular flexibility index (Phi) is 4.90. The molecule has 0 bridgehead atoms. The molecular weight excluding hydrogens is 462 g/mol. The highest BCUT2D eigenvalue weighted by atomic mass is 79.9. The molecule has 2 aromatic heterocycles.